The maximum Gasteiger partial charge on any atom is 0.0994 e. The lowest BCUT2D eigenvalue weighted by Gasteiger charge is -2.21. The lowest BCUT2D eigenvalue weighted by atomic mass is 9.85. The highest BCUT2D eigenvalue weighted by Gasteiger charge is 2.46. The van der Waals surface area contributed by atoms with Gasteiger partial charge in [-0.15, -0.1) is 0 Å². The van der Waals surface area contributed by atoms with Crippen molar-refractivity contribution in [2.45, 2.75) is 51.4 Å². The van der Waals surface area contributed by atoms with Gasteiger partial charge >= 0.3 is 0 Å². The van der Waals surface area contributed by atoms with Crippen molar-refractivity contribution in [2.75, 3.05) is 0 Å². The van der Waals surface area contributed by atoms with E-state index in [0.717, 1.165) is 24.2 Å². The van der Waals surface area contributed by atoms with Crippen LogP contribution in [0.1, 0.15) is 50.6 Å². The number of hydrogen-bond acceptors (Lipinski definition) is 2. The average molecular weight is 214 g/mol. The summed E-state index contributed by atoms with van der Waals surface area (Å²) in [5.74, 6) is 0. The molecule has 0 radical (unpaired) electrons. The number of aryl methyl sites for hydroxylation is 1. The van der Waals surface area contributed by atoms with Crippen LogP contribution in [0.2, 0.25) is 0 Å². The maximum absolute atomic E-state index is 9.14. The van der Waals surface area contributed by atoms with E-state index in [2.05, 4.69) is 37.9 Å². The largest absolute Gasteiger partial charge is 0.256 e. The van der Waals surface area contributed by atoms with Gasteiger partial charge in [0.15, 0.2) is 0 Å². The zero-order valence-electron chi connectivity index (χ0n) is 10.5. The van der Waals surface area contributed by atoms with E-state index in [1.165, 1.54) is 5.56 Å². The van der Waals surface area contributed by atoms with Crippen molar-refractivity contribution in [1.82, 2.24) is 4.98 Å². The SMILES string of the molecule is Cc1nc(C2(C#N)CC2)ccc1C(C)(C)C. The van der Waals surface area contributed by atoms with Crippen molar-refractivity contribution >= 4 is 0 Å². The Hall–Kier alpha value is -1.36. The normalized spacial score (nSPS) is 17.9. The molecule has 0 aliphatic heterocycles. The molecule has 1 fully saturated rings. The predicted molar refractivity (Wildman–Crippen MR) is 64.2 cm³/mol. The zero-order valence-corrected chi connectivity index (χ0v) is 10.5. The number of nitriles is 1. The van der Waals surface area contributed by atoms with Gasteiger partial charge in [-0.1, -0.05) is 26.8 Å². The van der Waals surface area contributed by atoms with E-state index in [1.54, 1.807) is 0 Å². The third-order valence-corrected chi connectivity index (χ3v) is 3.35. The third kappa shape index (κ3) is 1.71. The monoisotopic (exact) mass is 214 g/mol. The van der Waals surface area contributed by atoms with Crippen LogP contribution in [0.4, 0.5) is 0 Å². The van der Waals surface area contributed by atoms with E-state index < -0.39 is 0 Å². The molecule has 0 unspecified atom stereocenters. The highest BCUT2D eigenvalue weighted by atomic mass is 14.8. The van der Waals surface area contributed by atoms with Crippen LogP contribution in [-0.4, -0.2) is 4.98 Å². The van der Waals surface area contributed by atoms with Gasteiger partial charge in [-0.25, -0.2) is 0 Å². The molecule has 0 bridgehead atoms. The molecule has 0 N–H and O–H groups in total. The minimum absolute atomic E-state index is 0.124. The Bertz CT molecular complexity index is 457. The van der Waals surface area contributed by atoms with E-state index in [-0.39, 0.29) is 10.8 Å². The summed E-state index contributed by atoms with van der Waals surface area (Å²) in [5, 5.41) is 9.14. The van der Waals surface area contributed by atoms with Gasteiger partial charge < -0.3 is 0 Å². The molecule has 1 aromatic rings. The lowest BCUT2D eigenvalue weighted by Crippen LogP contribution is -2.16. The number of rotatable bonds is 1. The number of nitrogens with zero attached hydrogens (tertiary/aromatic N) is 2. The molecule has 0 atom stereocenters. The summed E-state index contributed by atoms with van der Waals surface area (Å²) in [7, 11) is 0. The molecule has 2 heteroatoms. The first kappa shape index (κ1) is 11.1. The van der Waals surface area contributed by atoms with Gasteiger partial charge in [-0.3, -0.25) is 4.98 Å². The second-order valence-corrected chi connectivity index (χ2v) is 5.77. The van der Waals surface area contributed by atoms with Crippen LogP contribution < -0.4 is 0 Å². The van der Waals surface area contributed by atoms with Gasteiger partial charge in [-0.2, -0.15) is 5.26 Å². The van der Waals surface area contributed by atoms with Gasteiger partial charge in [0, 0.05) is 5.69 Å². The molecular weight excluding hydrogens is 196 g/mol. The molecule has 1 saturated carbocycles. The molecule has 0 aromatic carbocycles. The molecule has 1 aromatic heterocycles. The molecule has 84 valence electrons. The summed E-state index contributed by atoms with van der Waals surface area (Å²) >= 11 is 0. The molecule has 1 heterocycles. The quantitative estimate of drug-likeness (QED) is 0.719. The summed E-state index contributed by atoms with van der Waals surface area (Å²) in [6.45, 7) is 8.60. The highest BCUT2D eigenvalue weighted by Crippen LogP contribution is 2.47. The second-order valence-electron chi connectivity index (χ2n) is 5.77. The standard InChI is InChI=1S/C14H18N2/c1-10-11(13(2,3)4)5-6-12(16-10)14(9-15)7-8-14/h5-6H,7-8H2,1-4H3. The van der Waals surface area contributed by atoms with Crippen molar-refractivity contribution in [3.8, 4) is 6.07 Å². The molecule has 0 spiro atoms. The zero-order chi connectivity index (χ0) is 12.0. The van der Waals surface area contributed by atoms with Crippen molar-refractivity contribution in [3.63, 3.8) is 0 Å². The van der Waals surface area contributed by atoms with Crippen LogP contribution in [0.3, 0.4) is 0 Å². The molecule has 16 heavy (non-hydrogen) atoms. The molecule has 2 nitrogen and oxygen atoms in total. The van der Waals surface area contributed by atoms with Crippen LogP contribution in [0.25, 0.3) is 0 Å². The topological polar surface area (TPSA) is 36.7 Å². The number of pyridine rings is 1. The maximum atomic E-state index is 9.14. The van der Waals surface area contributed by atoms with E-state index in [9.17, 15) is 0 Å². The Labute approximate surface area is 97.3 Å². The molecule has 2 rings (SSSR count). The Morgan fingerprint density at radius 3 is 2.31 bits per heavy atom. The summed E-state index contributed by atoms with van der Waals surface area (Å²) in [4.78, 5) is 4.62. The first-order valence-corrected chi connectivity index (χ1v) is 5.79. The predicted octanol–water partition coefficient (Wildman–Crippen LogP) is 3.24. The van der Waals surface area contributed by atoms with Crippen LogP contribution in [0.5, 0.6) is 0 Å². The summed E-state index contributed by atoms with van der Waals surface area (Å²) in [5.41, 5.74) is 3.15. The molecule has 0 amide bonds. The van der Waals surface area contributed by atoms with Crippen molar-refractivity contribution in [1.29, 1.82) is 5.26 Å². The smallest absolute Gasteiger partial charge is 0.0994 e. The fraction of sp³-hybridized carbons (Fsp3) is 0.571. The Morgan fingerprint density at radius 2 is 1.94 bits per heavy atom. The fourth-order valence-electron chi connectivity index (χ4n) is 2.17. The van der Waals surface area contributed by atoms with Gasteiger partial charge in [0.2, 0.25) is 0 Å². The number of aromatic nitrogens is 1. The molecule has 1 aliphatic carbocycles. The van der Waals surface area contributed by atoms with Crippen LogP contribution >= 0.6 is 0 Å². The van der Waals surface area contributed by atoms with E-state index in [0.29, 0.717) is 0 Å². The Kier molecular flexibility index (Phi) is 2.31. The van der Waals surface area contributed by atoms with Crippen molar-refractivity contribution in [3.05, 3.63) is 29.1 Å². The lowest BCUT2D eigenvalue weighted by molar-refractivity contribution is 0.580. The van der Waals surface area contributed by atoms with Gasteiger partial charge in [-0.05, 0) is 36.8 Å². The van der Waals surface area contributed by atoms with Crippen LogP contribution in [0.15, 0.2) is 12.1 Å². The average Bonchev–Trinajstić information content (AvgIpc) is 2.96. The van der Waals surface area contributed by atoms with Gasteiger partial charge in [0.25, 0.3) is 0 Å². The van der Waals surface area contributed by atoms with Crippen molar-refractivity contribution < 1.29 is 0 Å². The molecular formula is C14H18N2. The number of hydrogen-bond donors (Lipinski definition) is 0. The van der Waals surface area contributed by atoms with E-state index in [4.69, 9.17) is 5.26 Å². The Morgan fingerprint density at radius 1 is 1.31 bits per heavy atom. The minimum atomic E-state index is -0.263. The summed E-state index contributed by atoms with van der Waals surface area (Å²) < 4.78 is 0. The highest BCUT2D eigenvalue weighted by molar-refractivity contribution is 5.38. The van der Waals surface area contributed by atoms with Crippen LogP contribution in [0, 0.1) is 18.3 Å². The van der Waals surface area contributed by atoms with Crippen molar-refractivity contribution in [2.24, 2.45) is 0 Å². The van der Waals surface area contributed by atoms with Crippen LogP contribution in [-0.2, 0) is 10.8 Å². The third-order valence-electron chi connectivity index (χ3n) is 3.35. The van der Waals surface area contributed by atoms with E-state index in [1.807, 2.05) is 13.0 Å². The minimum Gasteiger partial charge on any atom is -0.256 e. The van der Waals surface area contributed by atoms with Gasteiger partial charge in [0.05, 0.1) is 17.2 Å². The first-order chi connectivity index (χ1) is 7.39. The summed E-state index contributed by atoms with van der Waals surface area (Å²) in [6, 6.07) is 6.56. The molecule has 0 saturated heterocycles. The van der Waals surface area contributed by atoms with E-state index >= 15 is 0 Å². The molecule has 1 aliphatic rings. The Balaban J connectivity index is 2.42. The fourth-order valence-corrected chi connectivity index (χ4v) is 2.17. The second kappa shape index (κ2) is 3.31. The van der Waals surface area contributed by atoms with Gasteiger partial charge in [0.1, 0.15) is 0 Å². The first-order valence-electron chi connectivity index (χ1n) is 5.79. The summed E-state index contributed by atoms with van der Waals surface area (Å²) in [6.07, 6.45) is 1.93.